The lowest BCUT2D eigenvalue weighted by atomic mass is 9.98. The van der Waals surface area contributed by atoms with Crippen molar-refractivity contribution in [2.24, 2.45) is 5.16 Å². The van der Waals surface area contributed by atoms with Crippen molar-refractivity contribution in [1.29, 1.82) is 0 Å². The lowest BCUT2D eigenvalue weighted by molar-refractivity contribution is 0.0531. The molecule has 0 aromatic rings. The summed E-state index contributed by atoms with van der Waals surface area (Å²) in [5, 5.41) is 3.61. The summed E-state index contributed by atoms with van der Waals surface area (Å²) in [6.45, 7) is 0.582. The van der Waals surface area contributed by atoms with Gasteiger partial charge in [0.1, 0.15) is 7.11 Å². The molecule has 0 unspecified atom stereocenters. The highest BCUT2D eigenvalue weighted by Gasteiger charge is 2.12. The molecule has 0 saturated heterocycles. The molecule has 0 N–H and O–H groups in total. The van der Waals surface area contributed by atoms with E-state index in [1.807, 2.05) is 0 Å². The Hall–Kier alpha value is -0.570. The summed E-state index contributed by atoms with van der Waals surface area (Å²) in [6, 6.07) is 0. The lowest BCUT2D eigenvalue weighted by Gasteiger charge is -2.20. The lowest BCUT2D eigenvalue weighted by Crippen LogP contribution is -2.17. The van der Waals surface area contributed by atoms with Crippen LogP contribution < -0.4 is 0 Å². The quantitative estimate of drug-likeness (QED) is 0.478. The van der Waals surface area contributed by atoms with Gasteiger partial charge < -0.3 is 9.57 Å². The minimum atomic E-state index is 0.460. The zero-order valence-electron chi connectivity index (χ0n) is 7.66. The first-order valence-corrected chi connectivity index (χ1v) is 4.60. The van der Waals surface area contributed by atoms with E-state index in [1.54, 1.807) is 6.21 Å². The van der Waals surface area contributed by atoms with Crippen molar-refractivity contribution in [3.63, 3.8) is 0 Å². The van der Waals surface area contributed by atoms with Crippen LogP contribution in [0, 0.1) is 0 Å². The maximum atomic E-state index is 5.56. The Morgan fingerprint density at radius 3 is 2.75 bits per heavy atom. The van der Waals surface area contributed by atoms with E-state index < -0.39 is 0 Å². The molecule has 0 spiro atoms. The molecule has 1 fully saturated rings. The molecule has 0 heterocycles. The minimum Gasteiger partial charge on any atom is -0.399 e. The average Bonchev–Trinajstić information content (AvgIpc) is 2.14. The van der Waals surface area contributed by atoms with Crippen LogP contribution in [0.3, 0.4) is 0 Å². The first kappa shape index (κ1) is 9.52. The van der Waals surface area contributed by atoms with E-state index >= 15 is 0 Å². The summed E-state index contributed by atoms with van der Waals surface area (Å²) >= 11 is 0. The number of rotatable bonds is 4. The maximum absolute atomic E-state index is 5.56. The summed E-state index contributed by atoms with van der Waals surface area (Å²) in [4.78, 5) is 4.52. The summed E-state index contributed by atoms with van der Waals surface area (Å²) in [5.41, 5.74) is 0. The molecule has 0 atom stereocenters. The molecule has 0 bridgehead atoms. The van der Waals surface area contributed by atoms with E-state index in [-0.39, 0.29) is 0 Å². The zero-order chi connectivity index (χ0) is 8.65. The van der Waals surface area contributed by atoms with E-state index in [0.29, 0.717) is 12.7 Å². The van der Waals surface area contributed by atoms with Crippen LogP contribution in [0.4, 0.5) is 0 Å². The molecule has 1 aliphatic carbocycles. The van der Waals surface area contributed by atoms with Crippen molar-refractivity contribution >= 4 is 6.21 Å². The molecule has 12 heavy (non-hydrogen) atoms. The van der Waals surface area contributed by atoms with Gasteiger partial charge in [0.15, 0.2) is 0 Å². The highest BCUT2D eigenvalue weighted by Crippen LogP contribution is 2.19. The second-order valence-electron chi connectivity index (χ2n) is 3.06. The van der Waals surface area contributed by atoms with Crippen LogP contribution in [0.15, 0.2) is 5.16 Å². The molecule has 70 valence electrons. The smallest absolute Gasteiger partial charge is 0.106 e. The molecule has 1 rings (SSSR count). The fourth-order valence-electron chi connectivity index (χ4n) is 1.52. The van der Waals surface area contributed by atoms with Crippen LogP contribution in [0.25, 0.3) is 0 Å². The summed E-state index contributed by atoms with van der Waals surface area (Å²) in [6.07, 6.45) is 8.53. The van der Waals surface area contributed by atoms with Crippen LogP contribution in [-0.2, 0) is 9.57 Å². The van der Waals surface area contributed by atoms with Crippen molar-refractivity contribution in [2.75, 3.05) is 13.7 Å². The van der Waals surface area contributed by atoms with Crippen LogP contribution in [0.5, 0.6) is 0 Å². The van der Waals surface area contributed by atoms with E-state index in [1.165, 1.54) is 39.2 Å². The number of nitrogens with zero attached hydrogens (tertiary/aromatic N) is 1. The first-order valence-electron chi connectivity index (χ1n) is 4.60. The second kappa shape index (κ2) is 6.00. The highest BCUT2D eigenvalue weighted by molar-refractivity contribution is 5.57. The molecule has 0 radical (unpaired) electrons. The minimum absolute atomic E-state index is 0.460. The predicted octanol–water partition coefficient (Wildman–Crippen LogP) is 1.97. The van der Waals surface area contributed by atoms with E-state index in [2.05, 4.69) is 9.99 Å². The van der Waals surface area contributed by atoms with Crippen molar-refractivity contribution in [1.82, 2.24) is 0 Å². The van der Waals surface area contributed by atoms with Crippen molar-refractivity contribution in [3.8, 4) is 0 Å². The summed E-state index contributed by atoms with van der Waals surface area (Å²) in [5.74, 6) is 0. The molecule has 0 aromatic heterocycles. The third-order valence-corrected chi connectivity index (χ3v) is 2.14. The standard InChI is InChI=1S/C9H17NO2/c1-11-10-7-8-12-9-5-3-2-4-6-9/h7,9H,2-6,8H2,1H3/b10-7+. The van der Waals surface area contributed by atoms with Gasteiger partial charge in [-0.25, -0.2) is 0 Å². The van der Waals surface area contributed by atoms with Crippen molar-refractivity contribution < 1.29 is 9.57 Å². The van der Waals surface area contributed by atoms with Gasteiger partial charge in [-0.3, -0.25) is 0 Å². The Labute approximate surface area is 73.7 Å². The maximum Gasteiger partial charge on any atom is 0.106 e. The molecule has 1 saturated carbocycles. The van der Waals surface area contributed by atoms with Crippen LogP contribution in [0.1, 0.15) is 32.1 Å². The predicted molar refractivity (Wildman–Crippen MR) is 48.3 cm³/mol. The number of hydrogen-bond donors (Lipinski definition) is 0. The van der Waals surface area contributed by atoms with E-state index in [0.717, 1.165) is 0 Å². The van der Waals surface area contributed by atoms with Crippen molar-refractivity contribution in [2.45, 2.75) is 38.2 Å². The Bertz CT molecular complexity index is 130. The van der Waals surface area contributed by atoms with E-state index in [4.69, 9.17) is 4.74 Å². The van der Waals surface area contributed by atoms with Crippen LogP contribution >= 0.6 is 0 Å². The Kier molecular flexibility index (Phi) is 4.76. The largest absolute Gasteiger partial charge is 0.399 e. The van der Waals surface area contributed by atoms with Gasteiger partial charge in [-0.15, -0.1) is 0 Å². The molecule has 0 aliphatic heterocycles. The average molecular weight is 171 g/mol. The number of ether oxygens (including phenoxy) is 1. The molecule has 0 amide bonds. The zero-order valence-corrected chi connectivity index (χ0v) is 7.66. The van der Waals surface area contributed by atoms with Gasteiger partial charge in [-0.2, -0.15) is 0 Å². The van der Waals surface area contributed by atoms with Gasteiger partial charge in [-0.05, 0) is 12.8 Å². The SMILES string of the molecule is CO/N=C/COC1CCCCC1. The molecular weight excluding hydrogens is 154 g/mol. The number of hydrogen-bond acceptors (Lipinski definition) is 3. The molecule has 3 nitrogen and oxygen atoms in total. The summed E-state index contributed by atoms with van der Waals surface area (Å²) < 4.78 is 5.56. The fraction of sp³-hybridized carbons (Fsp3) is 0.889. The molecule has 0 aromatic carbocycles. The molecule has 1 aliphatic rings. The Morgan fingerprint density at radius 2 is 2.08 bits per heavy atom. The third kappa shape index (κ3) is 3.72. The summed E-state index contributed by atoms with van der Waals surface area (Å²) in [7, 11) is 1.54. The van der Waals surface area contributed by atoms with Gasteiger partial charge in [0.05, 0.1) is 18.9 Å². The molecule has 3 heteroatoms. The second-order valence-corrected chi connectivity index (χ2v) is 3.06. The fourth-order valence-corrected chi connectivity index (χ4v) is 1.52. The van der Waals surface area contributed by atoms with Gasteiger partial charge in [-0.1, -0.05) is 24.4 Å². The molecular formula is C9H17NO2. The number of oxime groups is 1. The van der Waals surface area contributed by atoms with Crippen molar-refractivity contribution in [3.05, 3.63) is 0 Å². The van der Waals surface area contributed by atoms with Crippen LogP contribution in [0.2, 0.25) is 0 Å². The van der Waals surface area contributed by atoms with Gasteiger partial charge in [0.2, 0.25) is 0 Å². The van der Waals surface area contributed by atoms with E-state index in [9.17, 15) is 0 Å². The van der Waals surface area contributed by atoms with Crippen LogP contribution in [-0.4, -0.2) is 26.0 Å². The van der Waals surface area contributed by atoms with Gasteiger partial charge >= 0.3 is 0 Å². The topological polar surface area (TPSA) is 30.8 Å². The first-order chi connectivity index (χ1) is 5.93. The van der Waals surface area contributed by atoms with Gasteiger partial charge in [0.25, 0.3) is 0 Å². The highest BCUT2D eigenvalue weighted by atomic mass is 16.6. The normalized spacial score (nSPS) is 20.1. The van der Waals surface area contributed by atoms with Gasteiger partial charge in [0, 0.05) is 0 Å². The third-order valence-electron chi connectivity index (χ3n) is 2.14. The Balaban J connectivity index is 2.01. The monoisotopic (exact) mass is 171 g/mol. The Morgan fingerprint density at radius 1 is 1.33 bits per heavy atom.